The van der Waals surface area contributed by atoms with Gasteiger partial charge in [-0.15, -0.1) is 0 Å². The Morgan fingerprint density at radius 1 is 1.00 bits per heavy atom. The van der Waals surface area contributed by atoms with Crippen LogP contribution in [-0.2, 0) is 9.59 Å². The average molecular weight is 472 g/mol. The molecular formula is C29H29NO5. The molecule has 3 aromatic rings. The summed E-state index contributed by atoms with van der Waals surface area (Å²) in [5.74, 6) is -0.811. The normalized spacial score (nSPS) is 17.3. The number of ketones is 1. The largest absolute Gasteiger partial charge is 0.508 e. The van der Waals surface area contributed by atoms with Crippen molar-refractivity contribution >= 4 is 23.1 Å². The van der Waals surface area contributed by atoms with Crippen LogP contribution in [0.15, 0.2) is 72.3 Å². The summed E-state index contributed by atoms with van der Waals surface area (Å²) in [7, 11) is 0. The molecule has 1 atom stereocenters. The van der Waals surface area contributed by atoms with E-state index in [1.807, 2.05) is 39.8 Å². The molecule has 1 aliphatic heterocycles. The summed E-state index contributed by atoms with van der Waals surface area (Å²) < 4.78 is 5.79. The van der Waals surface area contributed by atoms with Gasteiger partial charge in [-0.2, -0.15) is 0 Å². The van der Waals surface area contributed by atoms with Gasteiger partial charge in [-0.1, -0.05) is 50.2 Å². The fourth-order valence-corrected chi connectivity index (χ4v) is 4.20. The van der Waals surface area contributed by atoms with Crippen molar-refractivity contribution in [3.63, 3.8) is 0 Å². The molecular weight excluding hydrogens is 442 g/mol. The number of ether oxygens (including phenoxy) is 1. The quantitative estimate of drug-likeness (QED) is 0.275. The van der Waals surface area contributed by atoms with Gasteiger partial charge in [-0.05, 0) is 66.8 Å². The molecule has 3 aromatic carbocycles. The number of aliphatic hydroxyl groups is 1. The third kappa shape index (κ3) is 4.64. The summed E-state index contributed by atoms with van der Waals surface area (Å²) in [6, 6.07) is 17.9. The Morgan fingerprint density at radius 3 is 2.37 bits per heavy atom. The second kappa shape index (κ2) is 9.66. The first-order chi connectivity index (χ1) is 16.7. The van der Waals surface area contributed by atoms with E-state index in [1.54, 1.807) is 42.5 Å². The van der Waals surface area contributed by atoms with Gasteiger partial charge in [-0.3, -0.25) is 14.5 Å². The Bertz CT molecular complexity index is 1310. The van der Waals surface area contributed by atoms with Crippen molar-refractivity contribution in [3.05, 3.63) is 94.6 Å². The third-order valence-corrected chi connectivity index (χ3v) is 6.18. The molecule has 0 aliphatic carbocycles. The van der Waals surface area contributed by atoms with Gasteiger partial charge in [0.1, 0.15) is 17.3 Å². The Hall–Kier alpha value is -4.06. The summed E-state index contributed by atoms with van der Waals surface area (Å²) in [6.07, 6.45) is 0. The van der Waals surface area contributed by atoms with E-state index in [4.69, 9.17) is 4.74 Å². The molecule has 0 spiro atoms. The Balaban J connectivity index is 1.89. The van der Waals surface area contributed by atoms with Crippen LogP contribution >= 0.6 is 0 Å². The maximum absolute atomic E-state index is 13.4. The topological polar surface area (TPSA) is 87.1 Å². The summed E-state index contributed by atoms with van der Waals surface area (Å²) in [5.41, 5.74) is 3.40. The van der Waals surface area contributed by atoms with Crippen molar-refractivity contribution in [2.45, 2.75) is 33.7 Å². The lowest BCUT2D eigenvalue weighted by Crippen LogP contribution is -2.30. The zero-order valence-corrected chi connectivity index (χ0v) is 20.3. The molecule has 1 fully saturated rings. The van der Waals surface area contributed by atoms with E-state index in [0.29, 0.717) is 35.1 Å². The minimum Gasteiger partial charge on any atom is -0.508 e. The third-order valence-electron chi connectivity index (χ3n) is 6.18. The molecule has 1 saturated heterocycles. The van der Waals surface area contributed by atoms with E-state index in [9.17, 15) is 19.8 Å². The first kappa shape index (κ1) is 24.1. The lowest BCUT2D eigenvalue weighted by atomic mass is 9.94. The maximum Gasteiger partial charge on any atom is 0.300 e. The van der Waals surface area contributed by atoms with E-state index in [1.165, 1.54) is 17.0 Å². The van der Waals surface area contributed by atoms with Gasteiger partial charge in [0.25, 0.3) is 11.7 Å². The van der Waals surface area contributed by atoms with E-state index < -0.39 is 17.7 Å². The summed E-state index contributed by atoms with van der Waals surface area (Å²) in [6.45, 7) is 8.42. The molecule has 0 saturated carbocycles. The summed E-state index contributed by atoms with van der Waals surface area (Å²) >= 11 is 0. The number of hydrogen-bond acceptors (Lipinski definition) is 5. The molecule has 6 heteroatoms. The number of rotatable bonds is 6. The van der Waals surface area contributed by atoms with Gasteiger partial charge in [0.15, 0.2) is 0 Å². The number of carbonyl (C=O) groups is 2. The number of hydrogen-bond donors (Lipinski definition) is 2. The standard InChI is InChI=1S/C29H29NO5/c1-17(2)16-35-23-9-6-8-21(15-23)27(32)25-26(20-11-13-22(31)14-12-20)30(29(34)28(25)33)24-10-5-7-18(3)19(24)4/h5-15,17,26,31-32H,16H2,1-4H3/b27-25+. The number of amides is 1. The number of aryl methyl sites for hydroxylation is 1. The van der Waals surface area contributed by atoms with Gasteiger partial charge >= 0.3 is 0 Å². The van der Waals surface area contributed by atoms with Crippen molar-refractivity contribution in [3.8, 4) is 11.5 Å². The zero-order chi connectivity index (χ0) is 25.3. The molecule has 1 aliphatic rings. The van der Waals surface area contributed by atoms with Crippen LogP contribution in [0.4, 0.5) is 5.69 Å². The minimum atomic E-state index is -0.865. The van der Waals surface area contributed by atoms with E-state index in [-0.39, 0.29) is 17.1 Å². The van der Waals surface area contributed by atoms with Gasteiger partial charge in [0.2, 0.25) is 0 Å². The van der Waals surface area contributed by atoms with Crippen molar-refractivity contribution in [1.82, 2.24) is 0 Å². The van der Waals surface area contributed by atoms with Crippen LogP contribution < -0.4 is 9.64 Å². The molecule has 35 heavy (non-hydrogen) atoms. The molecule has 0 radical (unpaired) electrons. The number of nitrogens with zero attached hydrogens (tertiary/aromatic N) is 1. The Labute approximate surface area is 205 Å². The predicted octanol–water partition coefficient (Wildman–Crippen LogP) is 5.67. The second-order valence-corrected chi connectivity index (χ2v) is 9.21. The Morgan fingerprint density at radius 2 is 1.69 bits per heavy atom. The van der Waals surface area contributed by atoms with Crippen molar-refractivity contribution in [1.29, 1.82) is 0 Å². The van der Waals surface area contributed by atoms with E-state index >= 15 is 0 Å². The van der Waals surface area contributed by atoms with Crippen LogP contribution in [0.1, 0.15) is 42.1 Å². The molecule has 4 rings (SSSR count). The highest BCUT2D eigenvalue weighted by Gasteiger charge is 2.47. The van der Waals surface area contributed by atoms with Crippen LogP contribution in [0.25, 0.3) is 5.76 Å². The average Bonchev–Trinajstić information content (AvgIpc) is 3.10. The Kier molecular flexibility index (Phi) is 6.65. The number of carbonyl (C=O) groups excluding carboxylic acids is 2. The van der Waals surface area contributed by atoms with Crippen molar-refractivity contribution < 1.29 is 24.5 Å². The van der Waals surface area contributed by atoms with Crippen LogP contribution in [0.2, 0.25) is 0 Å². The van der Waals surface area contributed by atoms with Crippen LogP contribution in [0.5, 0.6) is 11.5 Å². The van der Waals surface area contributed by atoms with Crippen molar-refractivity contribution in [2.24, 2.45) is 5.92 Å². The SMILES string of the molecule is Cc1cccc(N2C(=O)C(=O)/C(=C(/O)c3cccc(OCC(C)C)c3)C2c2ccc(O)cc2)c1C. The van der Waals surface area contributed by atoms with Crippen molar-refractivity contribution in [2.75, 3.05) is 11.5 Å². The van der Waals surface area contributed by atoms with Gasteiger partial charge < -0.3 is 14.9 Å². The fourth-order valence-electron chi connectivity index (χ4n) is 4.20. The smallest absolute Gasteiger partial charge is 0.300 e. The molecule has 2 N–H and O–H groups in total. The number of aromatic hydroxyl groups is 1. The number of Topliss-reactive ketones (excluding diaryl/α,β-unsaturated/α-hetero) is 1. The van der Waals surface area contributed by atoms with Gasteiger partial charge in [-0.25, -0.2) is 0 Å². The number of phenolic OH excluding ortho intramolecular Hbond substituents is 1. The highest BCUT2D eigenvalue weighted by molar-refractivity contribution is 6.51. The monoisotopic (exact) mass is 471 g/mol. The van der Waals surface area contributed by atoms with E-state index in [2.05, 4.69) is 0 Å². The molecule has 0 bridgehead atoms. The fraction of sp³-hybridized carbons (Fsp3) is 0.241. The lowest BCUT2D eigenvalue weighted by molar-refractivity contribution is -0.132. The molecule has 0 aromatic heterocycles. The molecule has 1 amide bonds. The number of anilines is 1. The number of phenols is 1. The number of benzene rings is 3. The predicted molar refractivity (Wildman–Crippen MR) is 136 cm³/mol. The summed E-state index contributed by atoms with van der Waals surface area (Å²) in [4.78, 5) is 28.2. The zero-order valence-electron chi connectivity index (χ0n) is 20.3. The lowest BCUT2D eigenvalue weighted by Gasteiger charge is -2.27. The van der Waals surface area contributed by atoms with Gasteiger partial charge in [0, 0.05) is 11.3 Å². The molecule has 1 heterocycles. The van der Waals surface area contributed by atoms with E-state index in [0.717, 1.165) is 11.1 Å². The molecule has 6 nitrogen and oxygen atoms in total. The molecule has 1 unspecified atom stereocenters. The maximum atomic E-state index is 13.4. The first-order valence-corrected chi connectivity index (χ1v) is 11.6. The second-order valence-electron chi connectivity index (χ2n) is 9.21. The van der Waals surface area contributed by atoms with Gasteiger partial charge in [0.05, 0.1) is 18.2 Å². The molecule has 180 valence electrons. The first-order valence-electron chi connectivity index (χ1n) is 11.6. The minimum absolute atomic E-state index is 0.0115. The van der Waals surface area contributed by atoms with Crippen LogP contribution in [0.3, 0.4) is 0 Å². The van der Waals surface area contributed by atoms with Crippen LogP contribution in [-0.4, -0.2) is 28.5 Å². The highest BCUT2D eigenvalue weighted by Crippen LogP contribution is 2.43. The number of aliphatic hydroxyl groups excluding tert-OH is 1. The van der Waals surface area contributed by atoms with Crippen LogP contribution in [0, 0.1) is 19.8 Å². The summed E-state index contributed by atoms with van der Waals surface area (Å²) in [5, 5.41) is 21.2. The highest BCUT2D eigenvalue weighted by atomic mass is 16.5.